The largest absolute Gasteiger partial charge is 0.490 e. The molecule has 2 nitrogen and oxygen atoms in total. The number of aliphatic hydroxyl groups excluding tert-OH is 1. The maximum absolute atomic E-state index is 9.92. The zero-order valence-electron chi connectivity index (χ0n) is 15.0. The van der Waals surface area contributed by atoms with Gasteiger partial charge in [0.1, 0.15) is 12.4 Å². The van der Waals surface area contributed by atoms with Crippen LogP contribution in [0.15, 0.2) is 48.5 Å². The van der Waals surface area contributed by atoms with Gasteiger partial charge in [0, 0.05) is 10.8 Å². The summed E-state index contributed by atoms with van der Waals surface area (Å²) in [6, 6.07) is 17.1. The van der Waals surface area contributed by atoms with E-state index in [1.54, 1.807) is 0 Å². The zero-order valence-corrected chi connectivity index (χ0v) is 15.0. The molecule has 126 valence electrons. The maximum Gasteiger partial charge on any atom is 0.135 e. The van der Waals surface area contributed by atoms with Gasteiger partial charge in [-0.25, -0.2) is 0 Å². The fourth-order valence-electron chi connectivity index (χ4n) is 2.94. The molecule has 0 aliphatic rings. The first-order chi connectivity index (χ1) is 11.4. The average molecular weight is 322 g/mol. The van der Waals surface area contributed by atoms with Gasteiger partial charge in [-0.15, -0.1) is 0 Å². The van der Waals surface area contributed by atoms with Gasteiger partial charge in [-0.1, -0.05) is 64.1 Å². The Morgan fingerprint density at radius 3 is 2.38 bits per heavy atom. The summed E-state index contributed by atoms with van der Waals surface area (Å²) in [7, 11) is 0. The predicted octanol–water partition coefficient (Wildman–Crippen LogP) is 5.44. The number of benzene rings is 3. The third kappa shape index (κ3) is 3.25. The van der Waals surface area contributed by atoms with E-state index < -0.39 is 6.10 Å². The molecule has 3 aromatic rings. The highest BCUT2D eigenvalue weighted by molar-refractivity contribution is 6.05. The zero-order chi connectivity index (χ0) is 17.3. The van der Waals surface area contributed by atoms with Gasteiger partial charge in [-0.2, -0.15) is 0 Å². The minimum absolute atomic E-state index is 0.0834. The normalized spacial score (nSPS) is 13.4. The van der Waals surface area contributed by atoms with Gasteiger partial charge in [0.25, 0.3) is 0 Å². The number of ether oxygens (including phenoxy) is 1. The van der Waals surface area contributed by atoms with E-state index in [1.165, 1.54) is 10.9 Å². The first kappa shape index (κ1) is 16.8. The summed E-state index contributed by atoms with van der Waals surface area (Å²) in [5, 5.41) is 14.5. The Balaban J connectivity index is 2.23. The van der Waals surface area contributed by atoms with Gasteiger partial charge in [-0.05, 0) is 40.3 Å². The Morgan fingerprint density at radius 2 is 1.67 bits per heavy atom. The van der Waals surface area contributed by atoms with E-state index in [9.17, 15) is 5.11 Å². The van der Waals surface area contributed by atoms with Crippen LogP contribution < -0.4 is 4.74 Å². The van der Waals surface area contributed by atoms with Crippen LogP contribution in [-0.2, 0) is 5.41 Å². The Bertz CT molecular complexity index is 859. The predicted molar refractivity (Wildman–Crippen MR) is 102 cm³/mol. The number of hydrogen-bond acceptors (Lipinski definition) is 2. The van der Waals surface area contributed by atoms with Crippen LogP contribution in [0.3, 0.4) is 0 Å². The molecule has 0 bridgehead atoms. The lowest BCUT2D eigenvalue weighted by Crippen LogP contribution is -2.16. The van der Waals surface area contributed by atoms with E-state index in [-0.39, 0.29) is 5.41 Å². The summed E-state index contributed by atoms with van der Waals surface area (Å²) in [6.07, 6.45) is 0.250. The second-order valence-corrected chi connectivity index (χ2v) is 7.49. The molecule has 24 heavy (non-hydrogen) atoms. The number of rotatable bonds is 4. The molecular weight excluding hydrogens is 296 g/mol. The van der Waals surface area contributed by atoms with Crippen molar-refractivity contribution in [1.29, 1.82) is 0 Å². The van der Waals surface area contributed by atoms with Crippen LogP contribution in [-0.4, -0.2) is 17.8 Å². The second-order valence-electron chi connectivity index (χ2n) is 7.49. The molecule has 0 heterocycles. The van der Waals surface area contributed by atoms with Crippen molar-refractivity contribution < 1.29 is 9.84 Å². The lowest BCUT2D eigenvalue weighted by molar-refractivity contribution is 0.106. The highest BCUT2D eigenvalue weighted by Crippen LogP contribution is 2.37. The molecule has 0 saturated heterocycles. The van der Waals surface area contributed by atoms with E-state index in [4.69, 9.17) is 4.74 Å². The van der Waals surface area contributed by atoms with Gasteiger partial charge in [-0.3, -0.25) is 0 Å². The van der Waals surface area contributed by atoms with Crippen LogP contribution in [0.5, 0.6) is 5.75 Å². The molecule has 3 rings (SSSR count). The highest BCUT2D eigenvalue weighted by Gasteiger charge is 2.17. The summed E-state index contributed by atoms with van der Waals surface area (Å²) in [6.45, 7) is 8.94. The monoisotopic (exact) mass is 322 g/mol. The molecule has 1 atom stereocenters. The van der Waals surface area contributed by atoms with Crippen LogP contribution in [0, 0.1) is 0 Å². The minimum Gasteiger partial charge on any atom is -0.490 e. The molecule has 0 fully saturated rings. The van der Waals surface area contributed by atoms with Crippen LogP contribution >= 0.6 is 0 Å². The standard InChI is InChI=1S/C22H26O2/c1-5-18(23)14-24-21-19-9-7-6-8-15(19)12-16-10-11-17(13-20(16)21)22(2,3)4/h6-13,18,23H,5,14H2,1-4H3. The first-order valence-electron chi connectivity index (χ1n) is 8.67. The van der Waals surface area contributed by atoms with Crippen LogP contribution in [0.25, 0.3) is 21.5 Å². The molecule has 0 aliphatic carbocycles. The molecule has 0 aliphatic heterocycles. The second kappa shape index (κ2) is 6.45. The van der Waals surface area contributed by atoms with Crippen LogP contribution in [0.2, 0.25) is 0 Å². The highest BCUT2D eigenvalue weighted by atomic mass is 16.5. The van der Waals surface area contributed by atoms with Gasteiger partial charge in [0.2, 0.25) is 0 Å². The SMILES string of the molecule is CCC(O)COc1c2ccccc2cc2ccc(C(C)(C)C)cc12. The Kier molecular flexibility index (Phi) is 4.51. The van der Waals surface area contributed by atoms with Crippen molar-refractivity contribution in [2.45, 2.75) is 45.6 Å². The molecule has 0 radical (unpaired) electrons. The molecular formula is C22H26O2. The summed E-state index contributed by atoms with van der Waals surface area (Å²) in [5.74, 6) is 0.877. The van der Waals surface area contributed by atoms with Gasteiger partial charge < -0.3 is 9.84 Å². The Labute approximate surface area is 144 Å². The van der Waals surface area contributed by atoms with Crippen molar-refractivity contribution in [3.8, 4) is 5.75 Å². The fourth-order valence-corrected chi connectivity index (χ4v) is 2.94. The Hall–Kier alpha value is -2.06. The van der Waals surface area contributed by atoms with Gasteiger partial charge in [0.15, 0.2) is 0 Å². The van der Waals surface area contributed by atoms with Crippen molar-refractivity contribution in [2.75, 3.05) is 6.61 Å². The molecule has 3 aromatic carbocycles. The van der Waals surface area contributed by atoms with E-state index in [0.29, 0.717) is 13.0 Å². The quantitative estimate of drug-likeness (QED) is 0.648. The lowest BCUT2D eigenvalue weighted by Gasteiger charge is -2.21. The maximum atomic E-state index is 9.92. The third-order valence-corrected chi connectivity index (χ3v) is 4.57. The fraction of sp³-hybridized carbons (Fsp3) is 0.364. The lowest BCUT2D eigenvalue weighted by atomic mass is 9.85. The van der Waals surface area contributed by atoms with Crippen molar-refractivity contribution in [2.24, 2.45) is 0 Å². The van der Waals surface area contributed by atoms with Crippen LogP contribution in [0.4, 0.5) is 0 Å². The summed E-state index contributed by atoms with van der Waals surface area (Å²) in [5.41, 5.74) is 1.37. The van der Waals surface area contributed by atoms with E-state index in [0.717, 1.165) is 21.9 Å². The molecule has 0 spiro atoms. The Morgan fingerprint density at radius 1 is 0.958 bits per heavy atom. The summed E-state index contributed by atoms with van der Waals surface area (Å²) in [4.78, 5) is 0. The van der Waals surface area contributed by atoms with E-state index in [2.05, 4.69) is 57.2 Å². The smallest absolute Gasteiger partial charge is 0.135 e. The van der Waals surface area contributed by atoms with E-state index in [1.807, 2.05) is 19.1 Å². The average Bonchev–Trinajstić information content (AvgIpc) is 2.57. The van der Waals surface area contributed by atoms with Crippen LogP contribution in [0.1, 0.15) is 39.7 Å². The molecule has 1 unspecified atom stereocenters. The third-order valence-electron chi connectivity index (χ3n) is 4.57. The summed E-state index contributed by atoms with van der Waals surface area (Å²) < 4.78 is 6.10. The first-order valence-corrected chi connectivity index (χ1v) is 8.67. The number of fused-ring (bicyclic) bond motifs is 2. The molecule has 0 amide bonds. The molecule has 0 saturated carbocycles. The van der Waals surface area contributed by atoms with Crippen molar-refractivity contribution >= 4 is 21.5 Å². The molecule has 1 N–H and O–H groups in total. The minimum atomic E-state index is -0.440. The van der Waals surface area contributed by atoms with Gasteiger partial charge >= 0.3 is 0 Å². The van der Waals surface area contributed by atoms with Crippen molar-refractivity contribution in [3.63, 3.8) is 0 Å². The summed E-state index contributed by atoms with van der Waals surface area (Å²) >= 11 is 0. The number of hydrogen-bond donors (Lipinski definition) is 1. The number of aliphatic hydroxyl groups is 1. The van der Waals surface area contributed by atoms with E-state index >= 15 is 0 Å². The van der Waals surface area contributed by atoms with Crippen molar-refractivity contribution in [3.05, 3.63) is 54.1 Å². The van der Waals surface area contributed by atoms with Crippen molar-refractivity contribution in [1.82, 2.24) is 0 Å². The topological polar surface area (TPSA) is 29.5 Å². The molecule has 0 aromatic heterocycles. The van der Waals surface area contributed by atoms with Gasteiger partial charge in [0.05, 0.1) is 6.10 Å². The molecule has 2 heteroatoms.